The first kappa shape index (κ1) is 12.4. The van der Waals surface area contributed by atoms with E-state index in [4.69, 9.17) is 16.7 Å². The number of nitrogens with zero attached hydrogens (tertiary/aromatic N) is 2. The highest BCUT2D eigenvalue weighted by Gasteiger charge is 2.07. The van der Waals surface area contributed by atoms with Gasteiger partial charge in [-0.05, 0) is 18.2 Å². The molecule has 94 valence electrons. The van der Waals surface area contributed by atoms with E-state index in [-0.39, 0.29) is 5.56 Å². The molecule has 0 spiro atoms. The predicted molar refractivity (Wildman–Crippen MR) is 68.9 cm³/mol. The van der Waals surface area contributed by atoms with Gasteiger partial charge in [0.05, 0.1) is 22.5 Å². The lowest BCUT2D eigenvalue weighted by Gasteiger charge is -2.08. The maximum atomic E-state index is 10.9. The molecule has 0 fully saturated rings. The minimum Gasteiger partial charge on any atom is -0.478 e. The molecule has 1 aromatic heterocycles. The standard InChI is InChI=1S/C12H12ClN3O2/c1-16-7-8(6-15-16)5-14-11-4-9(12(17)18)2-3-10(11)13/h2-4,6-7,14H,5H2,1H3,(H,17,18). The Morgan fingerprint density at radius 1 is 1.56 bits per heavy atom. The number of carboxylic acid groups (broad SMARTS) is 1. The van der Waals surface area contributed by atoms with Crippen molar-refractivity contribution >= 4 is 23.3 Å². The van der Waals surface area contributed by atoms with E-state index >= 15 is 0 Å². The number of aryl methyl sites for hydroxylation is 1. The zero-order valence-corrected chi connectivity index (χ0v) is 10.5. The van der Waals surface area contributed by atoms with Gasteiger partial charge >= 0.3 is 5.97 Å². The van der Waals surface area contributed by atoms with Crippen molar-refractivity contribution in [3.8, 4) is 0 Å². The highest BCUT2D eigenvalue weighted by Crippen LogP contribution is 2.23. The number of rotatable bonds is 4. The summed E-state index contributed by atoms with van der Waals surface area (Å²) in [6, 6.07) is 4.55. The number of carbonyl (C=O) groups is 1. The van der Waals surface area contributed by atoms with Crippen LogP contribution in [0.3, 0.4) is 0 Å². The largest absolute Gasteiger partial charge is 0.478 e. The number of carboxylic acids is 1. The van der Waals surface area contributed by atoms with Gasteiger partial charge in [0.1, 0.15) is 0 Å². The Balaban J connectivity index is 2.13. The summed E-state index contributed by atoms with van der Waals surface area (Å²) in [6.07, 6.45) is 3.61. The van der Waals surface area contributed by atoms with Crippen molar-refractivity contribution in [3.63, 3.8) is 0 Å². The quantitative estimate of drug-likeness (QED) is 0.891. The van der Waals surface area contributed by atoms with Crippen molar-refractivity contribution in [2.24, 2.45) is 7.05 Å². The van der Waals surface area contributed by atoms with Crippen LogP contribution in [0.5, 0.6) is 0 Å². The van der Waals surface area contributed by atoms with E-state index in [1.54, 1.807) is 16.9 Å². The Bertz CT molecular complexity index is 580. The molecule has 2 rings (SSSR count). The van der Waals surface area contributed by atoms with E-state index in [1.807, 2.05) is 13.2 Å². The average molecular weight is 266 g/mol. The van der Waals surface area contributed by atoms with E-state index in [2.05, 4.69) is 10.4 Å². The SMILES string of the molecule is Cn1cc(CNc2cc(C(=O)O)ccc2Cl)cn1. The molecule has 1 heterocycles. The Morgan fingerprint density at radius 3 is 2.94 bits per heavy atom. The monoisotopic (exact) mass is 265 g/mol. The van der Waals surface area contributed by atoms with Gasteiger partial charge in [-0.2, -0.15) is 5.10 Å². The highest BCUT2D eigenvalue weighted by atomic mass is 35.5. The fraction of sp³-hybridized carbons (Fsp3) is 0.167. The third kappa shape index (κ3) is 2.81. The van der Waals surface area contributed by atoms with Gasteiger partial charge in [-0.25, -0.2) is 4.79 Å². The van der Waals surface area contributed by atoms with Crippen molar-refractivity contribution in [3.05, 3.63) is 46.7 Å². The molecule has 0 radical (unpaired) electrons. The van der Waals surface area contributed by atoms with Gasteiger partial charge in [0, 0.05) is 25.4 Å². The number of aromatic nitrogens is 2. The van der Waals surface area contributed by atoms with Crippen LogP contribution in [0.4, 0.5) is 5.69 Å². The van der Waals surface area contributed by atoms with Crippen molar-refractivity contribution < 1.29 is 9.90 Å². The molecule has 0 saturated heterocycles. The molecule has 1 aromatic carbocycles. The number of nitrogens with one attached hydrogen (secondary N) is 1. The molecular weight excluding hydrogens is 254 g/mol. The molecule has 0 amide bonds. The van der Waals surface area contributed by atoms with Crippen LogP contribution in [-0.4, -0.2) is 20.9 Å². The fourth-order valence-electron chi connectivity index (χ4n) is 1.55. The molecule has 18 heavy (non-hydrogen) atoms. The first-order valence-corrected chi connectivity index (χ1v) is 5.68. The smallest absolute Gasteiger partial charge is 0.335 e. The number of halogens is 1. The van der Waals surface area contributed by atoms with Crippen LogP contribution in [0, 0.1) is 0 Å². The van der Waals surface area contributed by atoms with Crippen molar-refractivity contribution in [1.29, 1.82) is 0 Å². The van der Waals surface area contributed by atoms with Crippen LogP contribution in [0.15, 0.2) is 30.6 Å². The number of hydrogen-bond acceptors (Lipinski definition) is 3. The molecular formula is C12H12ClN3O2. The Kier molecular flexibility index (Phi) is 3.53. The maximum absolute atomic E-state index is 10.9. The summed E-state index contributed by atoms with van der Waals surface area (Å²) in [5.41, 5.74) is 1.79. The molecule has 0 aliphatic carbocycles. The van der Waals surface area contributed by atoms with Crippen LogP contribution >= 0.6 is 11.6 Å². The minimum absolute atomic E-state index is 0.202. The van der Waals surface area contributed by atoms with Crippen molar-refractivity contribution in [1.82, 2.24) is 9.78 Å². The molecule has 0 bridgehead atoms. The van der Waals surface area contributed by atoms with Crippen LogP contribution < -0.4 is 5.32 Å². The molecule has 0 aliphatic heterocycles. The molecule has 2 aromatic rings. The molecule has 0 unspecified atom stereocenters. The molecule has 2 N–H and O–H groups in total. The first-order chi connectivity index (χ1) is 8.56. The van der Waals surface area contributed by atoms with Crippen LogP contribution in [0.2, 0.25) is 5.02 Å². The zero-order chi connectivity index (χ0) is 13.1. The van der Waals surface area contributed by atoms with Crippen LogP contribution in [0.1, 0.15) is 15.9 Å². The molecule has 0 saturated carbocycles. The summed E-state index contributed by atoms with van der Waals surface area (Å²) in [4.78, 5) is 10.9. The lowest BCUT2D eigenvalue weighted by Crippen LogP contribution is -2.02. The van der Waals surface area contributed by atoms with E-state index in [0.717, 1.165) is 5.56 Å². The second kappa shape index (κ2) is 5.10. The molecule has 0 aliphatic rings. The van der Waals surface area contributed by atoms with Crippen LogP contribution in [-0.2, 0) is 13.6 Å². The summed E-state index contributed by atoms with van der Waals surface area (Å²) in [5, 5.41) is 16.5. The average Bonchev–Trinajstić information content (AvgIpc) is 2.74. The molecule has 6 heteroatoms. The molecule has 0 atom stereocenters. The minimum atomic E-state index is -0.976. The second-order valence-corrected chi connectivity index (χ2v) is 4.28. The summed E-state index contributed by atoms with van der Waals surface area (Å²) >= 11 is 6.00. The Hall–Kier alpha value is -2.01. The highest BCUT2D eigenvalue weighted by molar-refractivity contribution is 6.33. The Labute approximate surface area is 109 Å². The summed E-state index contributed by atoms with van der Waals surface area (Å²) in [7, 11) is 1.83. The van der Waals surface area contributed by atoms with E-state index in [0.29, 0.717) is 17.3 Å². The summed E-state index contributed by atoms with van der Waals surface area (Å²) in [6.45, 7) is 0.538. The predicted octanol–water partition coefficient (Wildman–Crippen LogP) is 2.38. The summed E-state index contributed by atoms with van der Waals surface area (Å²) < 4.78 is 1.70. The van der Waals surface area contributed by atoms with Gasteiger partial charge in [-0.15, -0.1) is 0 Å². The van der Waals surface area contributed by atoms with E-state index in [1.165, 1.54) is 12.1 Å². The first-order valence-electron chi connectivity index (χ1n) is 5.30. The van der Waals surface area contributed by atoms with E-state index < -0.39 is 5.97 Å². The number of aromatic carboxylic acids is 1. The van der Waals surface area contributed by atoms with Gasteiger partial charge < -0.3 is 10.4 Å². The molecule has 5 nitrogen and oxygen atoms in total. The Morgan fingerprint density at radius 2 is 2.33 bits per heavy atom. The van der Waals surface area contributed by atoms with Crippen LogP contribution in [0.25, 0.3) is 0 Å². The third-order valence-corrected chi connectivity index (χ3v) is 2.78. The van der Waals surface area contributed by atoms with Gasteiger partial charge in [-0.1, -0.05) is 11.6 Å². The van der Waals surface area contributed by atoms with Crippen molar-refractivity contribution in [2.75, 3.05) is 5.32 Å². The lowest BCUT2D eigenvalue weighted by atomic mass is 10.2. The number of benzene rings is 1. The topological polar surface area (TPSA) is 67.2 Å². The second-order valence-electron chi connectivity index (χ2n) is 3.88. The van der Waals surface area contributed by atoms with E-state index in [9.17, 15) is 4.79 Å². The van der Waals surface area contributed by atoms with Gasteiger partial charge in [-0.3, -0.25) is 4.68 Å². The fourth-order valence-corrected chi connectivity index (χ4v) is 1.74. The van der Waals surface area contributed by atoms with Gasteiger partial charge in [0.25, 0.3) is 0 Å². The van der Waals surface area contributed by atoms with Crippen molar-refractivity contribution in [2.45, 2.75) is 6.54 Å². The van der Waals surface area contributed by atoms with Gasteiger partial charge in [0.15, 0.2) is 0 Å². The third-order valence-electron chi connectivity index (χ3n) is 2.45. The van der Waals surface area contributed by atoms with Gasteiger partial charge in [0.2, 0.25) is 0 Å². The maximum Gasteiger partial charge on any atom is 0.335 e. The number of hydrogen-bond donors (Lipinski definition) is 2. The summed E-state index contributed by atoms with van der Waals surface area (Å²) in [5.74, 6) is -0.976. The number of anilines is 1. The zero-order valence-electron chi connectivity index (χ0n) is 9.72. The normalized spacial score (nSPS) is 10.3. The lowest BCUT2D eigenvalue weighted by molar-refractivity contribution is 0.0697.